The van der Waals surface area contributed by atoms with Gasteiger partial charge in [0.25, 0.3) is 0 Å². The molecule has 4 aromatic rings. The third-order valence-electron chi connectivity index (χ3n) is 3.89. The van der Waals surface area contributed by atoms with E-state index in [0.29, 0.717) is 11.5 Å². The van der Waals surface area contributed by atoms with Crippen LogP contribution in [0.15, 0.2) is 55.0 Å². The van der Waals surface area contributed by atoms with Crippen LogP contribution in [-0.2, 0) is 4.79 Å². The lowest BCUT2D eigenvalue weighted by Crippen LogP contribution is -2.07. The van der Waals surface area contributed by atoms with E-state index in [-0.39, 0.29) is 5.91 Å². The van der Waals surface area contributed by atoms with E-state index in [1.165, 1.54) is 19.2 Å². The smallest absolute Gasteiger partial charge is 0.222 e. The van der Waals surface area contributed by atoms with Gasteiger partial charge in [0.1, 0.15) is 11.6 Å². The minimum absolute atomic E-state index is 0.201. The molecule has 2 N–H and O–H groups in total. The van der Waals surface area contributed by atoms with Crippen molar-refractivity contribution in [2.75, 3.05) is 5.32 Å². The maximum Gasteiger partial charge on any atom is 0.222 e. The molecule has 6 nitrogen and oxygen atoms in total. The number of H-pyrrole nitrogens is 1. The number of carbonyl (C=O) groups is 1. The molecule has 0 atom stereocenters. The van der Waals surface area contributed by atoms with Crippen LogP contribution in [0.2, 0.25) is 0 Å². The topological polar surface area (TPSA) is 83.6 Å². The Hall–Kier alpha value is -3.61. The zero-order valence-electron chi connectivity index (χ0n) is 13.8. The number of aromatic nitrogens is 4. The quantitative estimate of drug-likeness (QED) is 0.591. The van der Waals surface area contributed by atoms with E-state index in [4.69, 9.17) is 0 Å². The Morgan fingerprint density at radius 1 is 1.12 bits per heavy atom. The van der Waals surface area contributed by atoms with Crippen molar-refractivity contribution in [3.8, 4) is 22.5 Å². The number of pyridine rings is 3. The maximum atomic E-state index is 13.3. The molecule has 0 aliphatic rings. The van der Waals surface area contributed by atoms with E-state index >= 15 is 0 Å². The molecule has 0 aliphatic heterocycles. The zero-order chi connectivity index (χ0) is 18.1. The van der Waals surface area contributed by atoms with Gasteiger partial charge in [-0.05, 0) is 36.4 Å². The number of aromatic amines is 1. The number of amides is 1. The third kappa shape index (κ3) is 2.90. The second-order valence-electron chi connectivity index (χ2n) is 5.75. The first-order valence-electron chi connectivity index (χ1n) is 7.94. The van der Waals surface area contributed by atoms with Gasteiger partial charge in [-0.15, -0.1) is 0 Å². The van der Waals surface area contributed by atoms with Crippen LogP contribution < -0.4 is 5.32 Å². The molecule has 0 radical (unpaired) electrons. The Labute approximate surface area is 148 Å². The molecule has 128 valence electrons. The third-order valence-corrected chi connectivity index (χ3v) is 3.89. The van der Waals surface area contributed by atoms with Gasteiger partial charge in [0.2, 0.25) is 5.91 Å². The summed E-state index contributed by atoms with van der Waals surface area (Å²) in [5, 5.41) is 2.67. The number of hydrogen-bond donors (Lipinski definition) is 2. The van der Waals surface area contributed by atoms with Gasteiger partial charge in [-0.3, -0.25) is 14.8 Å². The molecular formula is C19H14FN5O. The highest BCUT2D eigenvalue weighted by molar-refractivity contribution is 6.01. The average molecular weight is 347 g/mol. The monoisotopic (exact) mass is 347 g/mol. The van der Waals surface area contributed by atoms with E-state index in [0.717, 1.165) is 27.9 Å². The van der Waals surface area contributed by atoms with Gasteiger partial charge in [-0.1, -0.05) is 0 Å². The lowest BCUT2D eigenvalue weighted by Gasteiger charge is -2.07. The van der Waals surface area contributed by atoms with Crippen LogP contribution in [0.25, 0.3) is 33.5 Å². The number of halogens is 1. The van der Waals surface area contributed by atoms with E-state index in [1.807, 2.05) is 18.2 Å². The first-order valence-corrected chi connectivity index (χ1v) is 7.94. The molecule has 0 saturated heterocycles. The zero-order valence-corrected chi connectivity index (χ0v) is 13.8. The van der Waals surface area contributed by atoms with Crippen LogP contribution in [0.3, 0.4) is 0 Å². The van der Waals surface area contributed by atoms with Crippen molar-refractivity contribution in [3.05, 3.63) is 60.8 Å². The van der Waals surface area contributed by atoms with Crippen molar-refractivity contribution in [2.45, 2.75) is 6.92 Å². The summed E-state index contributed by atoms with van der Waals surface area (Å²) in [7, 11) is 0. The minimum atomic E-state index is -0.403. The number of fused-ring (bicyclic) bond motifs is 1. The molecule has 26 heavy (non-hydrogen) atoms. The minimum Gasteiger partial charge on any atom is -0.353 e. The number of nitrogens with zero attached hydrogens (tertiary/aromatic N) is 3. The Kier molecular flexibility index (Phi) is 3.89. The summed E-state index contributed by atoms with van der Waals surface area (Å²) in [5.41, 5.74) is 4.51. The van der Waals surface area contributed by atoms with Gasteiger partial charge in [-0.25, -0.2) is 9.37 Å². The first-order chi connectivity index (χ1) is 12.6. The SMILES string of the molecule is CC(=O)Nc1cc(-c2[nH]c3cccnc3c2-c2ccc(F)cn2)ccn1. The highest BCUT2D eigenvalue weighted by atomic mass is 19.1. The summed E-state index contributed by atoms with van der Waals surface area (Å²) in [6.45, 7) is 1.43. The lowest BCUT2D eigenvalue weighted by atomic mass is 10.0. The average Bonchev–Trinajstić information content (AvgIpc) is 3.02. The molecule has 1 amide bonds. The van der Waals surface area contributed by atoms with Crippen molar-refractivity contribution >= 4 is 22.8 Å². The predicted molar refractivity (Wildman–Crippen MR) is 96.8 cm³/mol. The number of anilines is 1. The molecule has 4 aromatic heterocycles. The first kappa shape index (κ1) is 15.9. The van der Waals surface area contributed by atoms with Crippen molar-refractivity contribution in [2.24, 2.45) is 0 Å². The van der Waals surface area contributed by atoms with Crippen LogP contribution in [-0.4, -0.2) is 25.8 Å². The molecule has 4 rings (SSSR count). The molecular weight excluding hydrogens is 333 g/mol. The lowest BCUT2D eigenvalue weighted by molar-refractivity contribution is -0.114. The van der Waals surface area contributed by atoms with Crippen LogP contribution in [0.1, 0.15) is 6.92 Å². The van der Waals surface area contributed by atoms with Gasteiger partial charge < -0.3 is 10.3 Å². The Bertz CT molecular complexity index is 1100. The summed E-state index contributed by atoms with van der Waals surface area (Å²) >= 11 is 0. The molecule has 7 heteroatoms. The normalized spacial score (nSPS) is 10.8. The number of nitrogens with one attached hydrogen (secondary N) is 2. The van der Waals surface area contributed by atoms with Crippen LogP contribution in [0.5, 0.6) is 0 Å². The second kappa shape index (κ2) is 6.36. The van der Waals surface area contributed by atoms with Crippen LogP contribution >= 0.6 is 0 Å². The highest BCUT2D eigenvalue weighted by Crippen LogP contribution is 2.36. The highest BCUT2D eigenvalue weighted by Gasteiger charge is 2.17. The fraction of sp³-hybridized carbons (Fsp3) is 0.0526. The predicted octanol–water partition coefficient (Wildman–Crippen LogP) is 3.78. The summed E-state index contributed by atoms with van der Waals surface area (Å²) in [4.78, 5) is 27.4. The van der Waals surface area contributed by atoms with Crippen LogP contribution in [0.4, 0.5) is 10.2 Å². The Morgan fingerprint density at radius 2 is 2.00 bits per heavy atom. The van der Waals surface area contributed by atoms with E-state index in [1.54, 1.807) is 24.5 Å². The molecule has 0 spiro atoms. The molecule has 0 bridgehead atoms. The number of carbonyl (C=O) groups excluding carboxylic acids is 1. The fourth-order valence-corrected chi connectivity index (χ4v) is 2.85. The van der Waals surface area contributed by atoms with Gasteiger partial charge in [0.05, 0.1) is 34.2 Å². The van der Waals surface area contributed by atoms with Crippen molar-refractivity contribution in [1.82, 2.24) is 19.9 Å². The molecule has 0 saturated carbocycles. The second-order valence-corrected chi connectivity index (χ2v) is 5.75. The fourth-order valence-electron chi connectivity index (χ4n) is 2.85. The molecule has 0 unspecified atom stereocenters. The van der Waals surface area contributed by atoms with Crippen molar-refractivity contribution in [1.29, 1.82) is 0 Å². The van der Waals surface area contributed by atoms with Gasteiger partial charge in [0.15, 0.2) is 0 Å². The summed E-state index contributed by atoms with van der Waals surface area (Å²) in [6.07, 6.45) is 4.49. The van der Waals surface area contributed by atoms with Crippen molar-refractivity contribution in [3.63, 3.8) is 0 Å². The molecule has 0 fully saturated rings. The van der Waals surface area contributed by atoms with Gasteiger partial charge in [-0.2, -0.15) is 0 Å². The molecule has 4 heterocycles. The number of hydrogen-bond acceptors (Lipinski definition) is 4. The van der Waals surface area contributed by atoms with Gasteiger partial charge >= 0.3 is 0 Å². The number of rotatable bonds is 3. The van der Waals surface area contributed by atoms with E-state index in [2.05, 4.69) is 25.3 Å². The molecule has 0 aliphatic carbocycles. The van der Waals surface area contributed by atoms with E-state index < -0.39 is 5.82 Å². The van der Waals surface area contributed by atoms with E-state index in [9.17, 15) is 9.18 Å². The standard InChI is InChI=1S/C19H14FN5O/c1-11(26)24-16-9-12(6-8-21-16)18-17(14-5-4-13(20)10-23-14)19-15(25-18)3-2-7-22-19/h2-10,25H,1H3,(H,21,24,26). The molecule has 0 aromatic carbocycles. The summed E-state index contributed by atoms with van der Waals surface area (Å²) < 4.78 is 13.3. The van der Waals surface area contributed by atoms with Crippen LogP contribution in [0, 0.1) is 5.82 Å². The summed E-state index contributed by atoms with van der Waals surface area (Å²) in [6, 6.07) is 10.3. The Morgan fingerprint density at radius 3 is 2.77 bits per heavy atom. The van der Waals surface area contributed by atoms with Crippen molar-refractivity contribution < 1.29 is 9.18 Å². The summed E-state index contributed by atoms with van der Waals surface area (Å²) in [5.74, 6) is -0.159. The largest absolute Gasteiger partial charge is 0.353 e. The maximum absolute atomic E-state index is 13.3. The Balaban J connectivity index is 1.94. The van der Waals surface area contributed by atoms with Gasteiger partial charge in [0, 0.05) is 24.9 Å².